The maximum atomic E-state index is 6.46. The second-order valence-electron chi connectivity index (χ2n) is 7.05. The van der Waals surface area contributed by atoms with E-state index in [1.165, 1.54) is 5.39 Å². The Morgan fingerprint density at radius 3 is 2.07 bits per heavy atom. The maximum Gasteiger partial charge on any atom is 0.178 e. The van der Waals surface area contributed by atoms with Crippen LogP contribution in [0.3, 0.4) is 0 Å². The summed E-state index contributed by atoms with van der Waals surface area (Å²) in [4.78, 5) is 3.49. The lowest BCUT2D eigenvalue weighted by Crippen LogP contribution is -1.70. The topological polar surface area (TPSA) is 42.1 Å². The van der Waals surface area contributed by atoms with Gasteiger partial charge in [0.05, 0.1) is 10.9 Å². The zero-order chi connectivity index (χ0) is 17.5. The molecule has 3 nitrogen and oxygen atoms in total. The highest BCUT2D eigenvalue weighted by Crippen LogP contribution is 2.41. The summed E-state index contributed by atoms with van der Waals surface area (Å²) in [5.41, 5.74) is 5.64. The van der Waals surface area contributed by atoms with Crippen LogP contribution in [0.25, 0.3) is 65.7 Å². The average molecular weight is 347 g/mol. The summed E-state index contributed by atoms with van der Waals surface area (Å²) < 4.78 is 12.6. The van der Waals surface area contributed by atoms with Gasteiger partial charge in [-0.05, 0) is 36.4 Å². The van der Waals surface area contributed by atoms with Crippen LogP contribution in [-0.2, 0) is 0 Å². The van der Waals surface area contributed by atoms with E-state index in [0.29, 0.717) is 0 Å². The molecule has 0 amide bonds. The van der Waals surface area contributed by atoms with Gasteiger partial charge in [0.25, 0.3) is 0 Å². The Kier molecular flexibility index (Phi) is 2.25. The lowest BCUT2D eigenvalue weighted by atomic mass is 10.1. The lowest BCUT2D eigenvalue weighted by Gasteiger charge is -1.93. The number of aromatic amines is 1. The highest BCUT2D eigenvalue weighted by atomic mass is 16.4. The van der Waals surface area contributed by atoms with Crippen molar-refractivity contribution < 1.29 is 8.83 Å². The van der Waals surface area contributed by atoms with E-state index in [2.05, 4.69) is 53.5 Å². The number of H-pyrrole nitrogens is 1. The second-order valence-corrected chi connectivity index (χ2v) is 7.05. The van der Waals surface area contributed by atoms with Gasteiger partial charge in [-0.25, -0.2) is 0 Å². The molecular formula is C24H13NO2. The molecule has 0 aliphatic carbocycles. The first-order chi connectivity index (χ1) is 13.4. The number of benzene rings is 4. The van der Waals surface area contributed by atoms with Crippen LogP contribution in [0.15, 0.2) is 81.6 Å². The van der Waals surface area contributed by atoms with E-state index in [0.717, 1.165) is 60.3 Å². The van der Waals surface area contributed by atoms with Crippen LogP contribution in [0.1, 0.15) is 0 Å². The molecule has 7 rings (SSSR count). The van der Waals surface area contributed by atoms with E-state index in [-0.39, 0.29) is 0 Å². The molecule has 0 atom stereocenters. The number of hydrogen-bond acceptors (Lipinski definition) is 2. The number of fused-ring (bicyclic) bond motifs is 11. The van der Waals surface area contributed by atoms with Gasteiger partial charge in [-0.3, -0.25) is 0 Å². The number of para-hydroxylation sites is 2. The van der Waals surface area contributed by atoms with Crippen LogP contribution in [0, 0.1) is 0 Å². The normalized spacial score (nSPS) is 12.4. The van der Waals surface area contributed by atoms with Gasteiger partial charge in [0.15, 0.2) is 11.2 Å². The van der Waals surface area contributed by atoms with Gasteiger partial charge in [0.2, 0.25) is 0 Å². The Hall–Kier alpha value is -3.72. The molecule has 3 heterocycles. The molecule has 1 N–H and O–H groups in total. The molecule has 3 heteroatoms. The monoisotopic (exact) mass is 347 g/mol. The molecule has 0 spiro atoms. The van der Waals surface area contributed by atoms with Crippen LogP contribution in [0.2, 0.25) is 0 Å². The fourth-order valence-corrected chi connectivity index (χ4v) is 4.41. The van der Waals surface area contributed by atoms with Crippen molar-refractivity contribution >= 4 is 65.7 Å². The number of nitrogens with one attached hydrogen (secondary N) is 1. The Morgan fingerprint density at radius 2 is 1.15 bits per heavy atom. The maximum absolute atomic E-state index is 6.46. The lowest BCUT2D eigenvalue weighted by molar-refractivity contribution is 0.635. The first-order valence-corrected chi connectivity index (χ1v) is 9.04. The van der Waals surface area contributed by atoms with Crippen LogP contribution >= 0.6 is 0 Å². The van der Waals surface area contributed by atoms with Gasteiger partial charge in [0.1, 0.15) is 11.2 Å². The van der Waals surface area contributed by atoms with Crippen molar-refractivity contribution in [1.82, 2.24) is 4.98 Å². The van der Waals surface area contributed by atoms with E-state index in [1.807, 2.05) is 24.3 Å². The van der Waals surface area contributed by atoms with Gasteiger partial charge in [-0.2, -0.15) is 0 Å². The van der Waals surface area contributed by atoms with Gasteiger partial charge < -0.3 is 13.8 Å². The summed E-state index contributed by atoms with van der Waals surface area (Å²) in [5, 5.41) is 6.72. The van der Waals surface area contributed by atoms with Crippen molar-refractivity contribution in [2.24, 2.45) is 0 Å². The fourth-order valence-electron chi connectivity index (χ4n) is 4.41. The number of aromatic nitrogens is 1. The summed E-state index contributed by atoms with van der Waals surface area (Å²) in [6.45, 7) is 0. The molecule has 3 aromatic heterocycles. The molecule has 126 valence electrons. The molecule has 0 aliphatic rings. The molecular weight excluding hydrogens is 334 g/mol. The van der Waals surface area contributed by atoms with E-state index in [1.54, 1.807) is 0 Å². The molecule has 27 heavy (non-hydrogen) atoms. The predicted octanol–water partition coefficient (Wildman–Crippen LogP) is 7.12. The third-order valence-electron chi connectivity index (χ3n) is 5.62. The van der Waals surface area contributed by atoms with E-state index in [9.17, 15) is 0 Å². The zero-order valence-corrected chi connectivity index (χ0v) is 14.2. The van der Waals surface area contributed by atoms with Crippen LogP contribution in [-0.4, -0.2) is 4.98 Å². The Bertz CT molecular complexity index is 1680. The SMILES string of the molecule is c1ccc2c(c1)[nH]c1ccc3c4ccc5c6ccccc6oc5c4oc3c12. The quantitative estimate of drug-likeness (QED) is 0.317. The van der Waals surface area contributed by atoms with Crippen molar-refractivity contribution in [2.75, 3.05) is 0 Å². The summed E-state index contributed by atoms with van der Waals surface area (Å²) in [6.07, 6.45) is 0. The van der Waals surface area contributed by atoms with Crippen LogP contribution in [0.4, 0.5) is 0 Å². The minimum Gasteiger partial charge on any atom is -0.452 e. The second kappa shape index (κ2) is 4.51. The summed E-state index contributed by atoms with van der Waals surface area (Å²) in [7, 11) is 0. The first kappa shape index (κ1) is 13.5. The zero-order valence-electron chi connectivity index (χ0n) is 14.2. The molecule has 0 unspecified atom stereocenters. The van der Waals surface area contributed by atoms with Gasteiger partial charge in [-0.1, -0.05) is 36.4 Å². The minimum atomic E-state index is 0.816. The Balaban J connectivity index is 1.75. The molecule has 4 aromatic carbocycles. The molecule has 0 bridgehead atoms. The molecule has 7 aromatic rings. The van der Waals surface area contributed by atoms with Gasteiger partial charge >= 0.3 is 0 Å². The Morgan fingerprint density at radius 1 is 0.481 bits per heavy atom. The third kappa shape index (κ3) is 1.57. The minimum absolute atomic E-state index is 0.816. The molecule has 0 fully saturated rings. The Labute approximate surface area is 152 Å². The van der Waals surface area contributed by atoms with Gasteiger partial charge in [0, 0.05) is 32.4 Å². The molecule has 0 aliphatic heterocycles. The summed E-state index contributed by atoms with van der Waals surface area (Å²) in [6, 6.07) is 25.0. The van der Waals surface area contributed by atoms with Crippen LogP contribution < -0.4 is 0 Å². The summed E-state index contributed by atoms with van der Waals surface area (Å²) >= 11 is 0. The highest BCUT2D eigenvalue weighted by Gasteiger charge is 2.18. The van der Waals surface area contributed by atoms with Crippen molar-refractivity contribution in [3.63, 3.8) is 0 Å². The first-order valence-electron chi connectivity index (χ1n) is 9.04. The molecule has 0 radical (unpaired) electrons. The number of hydrogen-bond donors (Lipinski definition) is 1. The summed E-state index contributed by atoms with van der Waals surface area (Å²) in [5.74, 6) is 0. The van der Waals surface area contributed by atoms with E-state index in [4.69, 9.17) is 8.83 Å². The fraction of sp³-hybridized carbons (Fsp3) is 0. The van der Waals surface area contributed by atoms with Crippen LogP contribution in [0.5, 0.6) is 0 Å². The highest BCUT2D eigenvalue weighted by molar-refractivity contribution is 6.26. The molecule has 0 saturated heterocycles. The van der Waals surface area contributed by atoms with Crippen molar-refractivity contribution in [3.05, 3.63) is 72.8 Å². The van der Waals surface area contributed by atoms with Gasteiger partial charge in [-0.15, -0.1) is 0 Å². The van der Waals surface area contributed by atoms with Crippen molar-refractivity contribution in [1.29, 1.82) is 0 Å². The third-order valence-corrected chi connectivity index (χ3v) is 5.62. The standard InChI is InChI=1S/C24H13NO2/c1-3-7-18-17(6-1)21-19(25-18)12-11-15-16-10-9-14-13-5-2-4-8-20(13)26-23(14)24(16)27-22(15)21/h1-12,25H. The molecule has 0 saturated carbocycles. The smallest absolute Gasteiger partial charge is 0.178 e. The number of furan rings is 2. The van der Waals surface area contributed by atoms with E-state index < -0.39 is 0 Å². The largest absolute Gasteiger partial charge is 0.452 e. The van der Waals surface area contributed by atoms with E-state index >= 15 is 0 Å². The average Bonchev–Trinajstić information content (AvgIpc) is 3.37. The van der Waals surface area contributed by atoms with Crippen molar-refractivity contribution in [3.8, 4) is 0 Å². The predicted molar refractivity (Wildman–Crippen MR) is 110 cm³/mol. The van der Waals surface area contributed by atoms with Crippen molar-refractivity contribution in [2.45, 2.75) is 0 Å². The number of rotatable bonds is 0.